The summed E-state index contributed by atoms with van der Waals surface area (Å²) in [6, 6.07) is 12.7. The number of halogens is 1. The van der Waals surface area contributed by atoms with Crippen molar-refractivity contribution in [2.45, 2.75) is 51.5 Å². The number of anilines is 5. The number of fused-ring (bicyclic) bond motifs is 1. The lowest BCUT2D eigenvalue weighted by Gasteiger charge is -2.40. The van der Waals surface area contributed by atoms with Crippen molar-refractivity contribution in [3.8, 4) is 5.75 Å². The van der Waals surface area contributed by atoms with Gasteiger partial charge >= 0.3 is 6.09 Å². The fourth-order valence-corrected chi connectivity index (χ4v) is 8.12. The molecule has 0 saturated carbocycles. The molecule has 6 rings (SSSR count). The molecule has 2 aromatic heterocycles. The van der Waals surface area contributed by atoms with Gasteiger partial charge in [0.15, 0.2) is 0 Å². The number of piperidine rings is 1. The maximum Gasteiger partial charge on any atom is 0.410 e. The quantitative estimate of drug-likeness (QED) is 0.168. The minimum absolute atomic E-state index is 0.154. The minimum atomic E-state index is -0.421. The molecule has 47 heavy (non-hydrogen) atoms. The predicted octanol–water partition coefficient (Wildman–Crippen LogP) is 7.80. The Hall–Kier alpha value is -3.69. The lowest BCUT2D eigenvalue weighted by Crippen LogP contribution is -2.48. The number of nitrogens with one attached hydrogen (secondary N) is 2. The van der Waals surface area contributed by atoms with Crippen molar-refractivity contribution in [1.82, 2.24) is 19.9 Å². The standard InChI is InChI=1S/C35H43BrN7O3P/c1-5-23-19-28(31(45-2)20-30(23)42-16-13-24(14-17-42)43-15-9-6-10-18-46-35(43)44)40-34-38-21-26(36)33(41-34)39-29-22-37-27-12-8-7-11-25(27)32(29)47(3)4/h7-8,11-12,19-22,24H,5-6,9-10,13-18H2,1-4H3,(H2,38,39,40,41). The molecule has 0 bridgehead atoms. The van der Waals surface area contributed by atoms with E-state index >= 15 is 0 Å². The molecule has 2 aliphatic heterocycles. The zero-order chi connectivity index (χ0) is 32.9. The highest BCUT2D eigenvalue weighted by Gasteiger charge is 2.30. The summed E-state index contributed by atoms with van der Waals surface area (Å²) in [7, 11) is 1.27. The lowest BCUT2D eigenvalue weighted by atomic mass is 10.00. The fraction of sp³-hybridized carbons (Fsp3) is 0.429. The summed E-state index contributed by atoms with van der Waals surface area (Å²) in [6.45, 7) is 9.71. The molecule has 10 nitrogen and oxygen atoms in total. The van der Waals surface area contributed by atoms with E-state index in [1.54, 1.807) is 13.3 Å². The first kappa shape index (κ1) is 33.2. The van der Waals surface area contributed by atoms with Gasteiger partial charge < -0.3 is 29.9 Å². The van der Waals surface area contributed by atoms with E-state index in [-0.39, 0.29) is 12.1 Å². The fourth-order valence-electron chi connectivity index (χ4n) is 6.57. The largest absolute Gasteiger partial charge is 0.494 e. The number of aromatic nitrogens is 3. The molecule has 1 amide bonds. The second-order valence-electron chi connectivity index (χ2n) is 12.2. The van der Waals surface area contributed by atoms with Crippen LogP contribution < -0.4 is 25.6 Å². The smallest absolute Gasteiger partial charge is 0.410 e. The zero-order valence-corrected chi connectivity index (χ0v) is 30.0. The number of carbonyl (C=O) groups is 1. The molecular formula is C35H43BrN7O3P. The molecule has 0 unspecified atom stereocenters. The Morgan fingerprint density at radius 2 is 1.83 bits per heavy atom. The Morgan fingerprint density at radius 1 is 1.02 bits per heavy atom. The molecular weight excluding hydrogens is 677 g/mol. The molecule has 12 heteroatoms. The van der Waals surface area contributed by atoms with Crippen LogP contribution in [-0.4, -0.2) is 78.7 Å². The molecule has 2 saturated heterocycles. The molecule has 248 valence electrons. The summed E-state index contributed by atoms with van der Waals surface area (Å²) < 4.78 is 12.1. The SMILES string of the molecule is CCc1cc(Nc2ncc(Br)c(Nc3cnc4ccccc4c3P(C)C)n2)c(OC)cc1N1CCC(N2CCCCCOC2=O)CC1. The van der Waals surface area contributed by atoms with Gasteiger partial charge in [0, 0.05) is 54.3 Å². The number of ether oxygens (including phenoxy) is 2. The van der Waals surface area contributed by atoms with Gasteiger partial charge in [-0.3, -0.25) is 4.98 Å². The molecule has 2 N–H and O–H groups in total. The van der Waals surface area contributed by atoms with Crippen LogP contribution in [0, 0.1) is 0 Å². The Morgan fingerprint density at radius 3 is 2.60 bits per heavy atom. The van der Waals surface area contributed by atoms with E-state index in [1.807, 2.05) is 23.2 Å². The summed E-state index contributed by atoms with van der Waals surface area (Å²) in [4.78, 5) is 31.2. The average molecular weight is 721 g/mol. The number of benzene rings is 2. The van der Waals surface area contributed by atoms with Gasteiger partial charge in [0.05, 0.1) is 41.3 Å². The highest BCUT2D eigenvalue weighted by Crippen LogP contribution is 2.38. The van der Waals surface area contributed by atoms with Gasteiger partial charge in [0.2, 0.25) is 5.95 Å². The van der Waals surface area contributed by atoms with Crippen molar-refractivity contribution in [2.75, 3.05) is 62.2 Å². The highest BCUT2D eigenvalue weighted by atomic mass is 79.9. The minimum Gasteiger partial charge on any atom is -0.494 e. The van der Waals surface area contributed by atoms with Crippen molar-refractivity contribution in [2.24, 2.45) is 0 Å². The third kappa shape index (κ3) is 7.41. The number of hydrogen-bond donors (Lipinski definition) is 2. The Kier molecular flexibility index (Phi) is 10.6. The number of hydrogen-bond acceptors (Lipinski definition) is 9. The van der Waals surface area contributed by atoms with Crippen molar-refractivity contribution in [3.63, 3.8) is 0 Å². The number of amides is 1. The van der Waals surface area contributed by atoms with E-state index in [4.69, 9.17) is 19.4 Å². The van der Waals surface area contributed by atoms with E-state index in [0.29, 0.717) is 18.4 Å². The Balaban J connectivity index is 1.21. The van der Waals surface area contributed by atoms with Crippen LogP contribution in [0.1, 0.15) is 44.6 Å². The van der Waals surface area contributed by atoms with Gasteiger partial charge in [-0.2, -0.15) is 4.98 Å². The summed E-state index contributed by atoms with van der Waals surface area (Å²) in [5.41, 5.74) is 5.09. The van der Waals surface area contributed by atoms with Crippen molar-refractivity contribution in [3.05, 3.63) is 58.8 Å². The van der Waals surface area contributed by atoms with E-state index in [2.05, 4.69) is 81.0 Å². The van der Waals surface area contributed by atoms with E-state index in [0.717, 1.165) is 96.3 Å². The van der Waals surface area contributed by atoms with Crippen molar-refractivity contribution >= 4 is 75.0 Å². The second kappa shape index (κ2) is 15.0. The topological polar surface area (TPSA) is 105 Å². The number of methoxy groups -OCH3 is 1. The predicted molar refractivity (Wildman–Crippen MR) is 196 cm³/mol. The average Bonchev–Trinajstić information content (AvgIpc) is 3.07. The normalized spacial score (nSPS) is 16.2. The van der Waals surface area contributed by atoms with Crippen LogP contribution in [0.25, 0.3) is 10.9 Å². The monoisotopic (exact) mass is 719 g/mol. The summed E-state index contributed by atoms with van der Waals surface area (Å²) in [6.07, 6.45) is 9.27. The summed E-state index contributed by atoms with van der Waals surface area (Å²) in [5, 5.41) is 9.35. The molecule has 2 aliphatic rings. The van der Waals surface area contributed by atoms with Crippen LogP contribution in [-0.2, 0) is 11.2 Å². The third-order valence-electron chi connectivity index (χ3n) is 8.97. The van der Waals surface area contributed by atoms with Crippen LogP contribution in [0.2, 0.25) is 0 Å². The first-order valence-electron chi connectivity index (χ1n) is 16.4. The number of carbonyl (C=O) groups excluding carboxylic acids is 1. The number of nitrogens with zero attached hydrogens (tertiary/aromatic N) is 5. The first-order chi connectivity index (χ1) is 22.9. The van der Waals surface area contributed by atoms with E-state index in [1.165, 1.54) is 10.9 Å². The Bertz CT molecular complexity index is 1730. The van der Waals surface area contributed by atoms with Gasteiger partial charge in [-0.1, -0.05) is 33.0 Å². The zero-order valence-electron chi connectivity index (χ0n) is 27.6. The van der Waals surface area contributed by atoms with Gasteiger partial charge in [0.25, 0.3) is 0 Å². The van der Waals surface area contributed by atoms with Crippen molar-refractivity contribution < 1.29 is 14.3 Å². The van der Waals surface area contributed by atoms with Gasteiger partial charge in [0.1, 0.15) is 11.6 Å². The molecule has 0 aliphatic carbocycles. The van der Waals surface area contributed by atoms with Crippen molar-refractivity contribution in [1.29, 1.82) is 0 Å². The number of pyridine rings is 1. The third-order valence-corrected chi connectivity index (χ3v) is 10.9. The van der Waals surface area contributed by atoms with Crippen LogP contribution in [0.15, 0.2) is 53.3 Å². The molecule has 0 atom stereocenters. The number of aryl methyl sites for hydroxylation is 1. The lowest BCUT2D eigenvalue weighted by molar-refractivity contribution is 0.0697. The van der Waals surface area contributed by atoms with E-state index < -0.39 is 7.92 Å². The highest BCUT2D eigenvalue weighted by molar-refractivity contribution is 9.10. The number of cyclic esters (lactones) is 1. The van der Waals surface area contributed by atoms with Gasteiger partial charge in [-0.25, -0.2) is 9.78 Å². The Labute approximate surface area is 286 Å². The van der Waals surface area contributed by atoms with Gasteiger partial charge in [-0.05, 0) is 85.5 Å². The van der Waals surface area contributed by atoms with Crippen LogP contribution in [0.4, 0.5) is 33.6 Å². The maximum absolute atomic E-state index is 12.7. The molecule has 2 fully saturated rings. The summed E-state index contributed by atoms with van der Waals surface area (Å²) >= 11 is 3.64. The summed E-state index contributed by atoms with van der Waals surface area (Å²) in [5.74, 6) is 1.82. The molecule has 0 spiro atoms. The van der Waals surface area contributed by atoms with Crippen LogP contribution in [0.3, 0.4) is 0 Å². The molecule has 4 aromatic rings. The van der Waals surface area contributed by atoms with Gasteiger partial charge in [-0.15, -0.1) is 0 Å². The van der Waals surface area contributed by atoms with Crippen LogP contribution in [0.5, 0.6) is 5.75 Å². The molecule has 0 radical (unpaired) electrons. The number of para-hydroxylation sites is 1. The molecule has 4 heterocycles. The molecule has 2 aromatic carbocycles. The van der Waals surface area contributed by atoms with E-state index in [9.17, 15) is 4.79 Å². The first-order valence-corrected chi connectivity index (χ1v) is 19.4. The van der Waals surface area contributed by atoms with Crippen LogP contribution >= 0.6 is 23.9 Å². The number of rotatable bonds is 9. The maximum atomic E-state index is 12.7. The second-order valence-corrected chi connectivity index (χ2v) is 15.3.